The van der Waals surface area contributed by atoms with E-state index in [4.69, 9.17) is 0 Å². The van der Waals surface area contributed by atoms with Crippen molar-refractivity contribution in [3.05, 3.63) is 74.6 Å². The van der Waals surface area contributed by atoms with Crippen LogP contribution in [0.4, 0.5) is 0 Å². The zero-order valence-electron chi connectivity index (χ0n) is 12.7. The van der Waals surface area contributed by atoms with Gasteiger partial charge in [0, 0.05) is 6.20 Å². The van der Waals surface area contributed by atoms with Crippen molar-refractivity contribution in [2.24, 2.45) is 0 Å². The predicted molar refractivity (Wildman–Crippen MR) is 87.5 cm³/mol. The third-order valence-corrected chi connectivity index (χ3v) is 3.54. The Bertz CT molecular complexity index is 814. The Morgan fingerprint density at radius 1 is 1.30 bits per heavy atom. The van der Waals surface area contributed by atoms with Gasteiger partial charge < -0.3 is 5.11 Å². The van der Waals surface area contributed by atoms with Gasteiger partial charge in [-0.1, -0.05) is 43.3 Å². The molecule has 0 unspecified atom stereocenters. The van der Waals surface area contributed by atoms with Gasteiger partial charge in [0.2, 0.25) is 0 Å². The fraction of sp³-hybridized carbons (Fsp3) is 0.235. The number of carbonyl (C=O) groups excluding carboxylic acids is 1. The summed E-state index contributed by atoms with van der Waals surface area (Å²) in [5.74, 6) is -0.503. The number of allylic oxidation sites excluding steroid dienone is 1. The van der Waals surface area contributed by atoms with Gasteiger partial charge in [-0.3, -0.25) is 19.1 Å². The molecule has 0 fully saturated rings. The van der Waals surface area contributed by atoms with Crippen molar-refractivity contribution in [2.45, 2.75) is 19.4 Å². The minimum Gasteiger partial charge on any atom is -0.394 e. The lowest BCUT2D eigenvalue weighted by molar-refractivity contribution is 0.104. The Morgan fingerprint density at radius 2 is 2.00 bits per heavy atom. The van der Waals surface area contributed by atoms with E-state index in [1.807, 2.05) is 30.3 Å². The smallest absolute Gasteiger partial charge is 0.328 e. The van der Waals surface area contributed by atoms with Gasteiger partial charge in [0.15, 0.2) is 5.78 Å². The maximum atomic E-state index is 12.2. The number of ketones is 1. The molecule has 0 aliphatic carbocycles. The zero-order valence-corrected chi connectivity index (χ0v) is 12.7. The monoisotopic (exact) mass is 314 g/mol. The molecule has 0 radical (unpaired) electrons. The minimum absolute atomic E-state index is 0.135. The molecule has 0 saturated carbocycles. The summed E-state index contributed by atoms with van der Waals surface area (Å²) in [6, 6.07) is 8.71. The van der Waals surface area contributed by atoms with E-state index in [1.165, 1.54) is 16.8 Å². The molecule has 1 aromatic heterocycles. The van der Waals surface area contributed by atoms with E-state index < -0.39 is 23.1 Å². The largest absolute Gasteiger partial charge is 0.394 e. The van der Waals surface area contributed by atoms with Gasteiger partial charge in [-0.15, -0.1) is 0 Å². The van der Waals surface area contributed by atoms with E-state index in [1.54, 1.807) is 13.0 Å². The molecule has 2 aromatic rings. The molecule has 2 rings (SSSR count). The van der Waals surface area contributed by atoms with Gasteiger partial charge in [0.25, 0.3) is 5.56 Å². The molecule has 1 aromatic carbocycles. The quantitative estimate of drug-likeness (QED) is 0.622. The lowest BCUT2D eigenvalue weighted by atomic mass is 10.1. The Labute approximate surface area is 132 Å². The number of aromatic amines is 1. The topological polar surface area (TPSA) is 92.2 Å². The maximum absolute atomic E-state index is 12.2. The number of aliphatic hydroxyl groups is 1. The number of aliphatic hydroxyl groups excluding tert-OH is 1. The van der Waals surface area contributed by atoms with Crippen LogP contribution in [0, 0.1) is 0 Å². The molecule has 0 amide bonds. The third-order valence-electron chi connectivity index (χ3n) is 3.54. The van der Waals surface area contributed by atoms with Crippen molar-refractivity contribution in [1.29, 1.82) is 0 Å². The average Bonchev–Trinajstić information content (AvgIpc) is 2.56. The highest BCUT2D eigenvalue weighted by atomic mass is 16.3. The van der Waals surface area contributed by atoms with Crippen LogP contribution in [0.3, 0.4) is 0 Å². The van der Waals surface area contributed by atoms with Gasteiger partial charge in [-0.05, 0) is 18.1 Å². The second kappa shape index (κ2) is 7.51. The Morgan fingerprint density at radius 3 is 2.61 bits per heavy atom. The Hall–Kier alpha value is -2.73. The lowest BCUT2D eigenvalue weighted by Gasteiger charge is -2.15. The zero-order chi connectivity index (χ0) is 16.8. The molecule has 6 nitrogen and oxygen atoms in total. The number of nitrogens with one attached hydrogen (secondary N) is 1. The Kier molecular flexibility index (Phi) is 5.43. The van der Waals surface area contributed by atoms with Crippen molar-refractivity contribution < 1.29 is 9.90 Å². The fourth-order valence-electron chi connectivity index (χ4n) is 2.17. The molecule has 0 aliphatic rings. The van der Waals surface area contributed by atoms with E-state index in [9.17, 15) is 19.5 Å². The number of benzene rings is 1. The van der Waals surface area contributed by atoms with Crippen LogP contribution in [0.25, 0.3) is 6.08 Å². The Balaban J connectivity index is 2.37. The van der Waals surface area contributed by atoms with Crippen LogP contribution in [0.5, 0.6) is 0 Å². The highest BCUT2D eigenvalue weighted by molar-refractivity contribution is 6.06. The van der Waals surface area contributed by atoms with E-state index in [2.05, 4.69) is 4.98 Å². The number of carbonyl (C=O) groups is 1. The molecule has 0 spiro atoms. The number of rotatable bonds is 6. The molecule has 2 N–H and O–H groups in total. The summed E-state index contributed by atoms with van der Waals surface area (Å²) >= 11 is 0. The van der Waals surface area contributed by atoms with E-state index in [0.717, 1.165) is 5.56 Å². The second-order valence-corrected chi connectivity index (χ2v) is 5.06. The lowest BCUT2D eigenvalue weighted by Crippen LogP contribution is -2.36. The van der Waals surface area contributed by atoms with Crippen molar-refractivity contribution in [2.75, 3.05) is 6.61 Å². The summed E-state index contributed by atoms with van der Waals surface area (Å²) in [5.41, 5.74) is -0.683. The molecular weight excluding hydrogens is 296 g/mol. The summed E-state index contributed by atoms with van der Waals surface area (Å²) in [7, 11) is 0. The highest BCUT2D eigenvalue weighted by Gasteiger charge is 2.15. The van der Waals surface area contributed by atoms with Crippen molar-refractivity contribution in [1.82, 2.24) is 9.55 Å². The third kappa shape index (κ3) is 3.92. The molecule has 0 bridgehead atoms. The number of H-pyrrole nitrogens is 1. The summed E-state index contributed by atoms with van der Waals surface area (Å²) < 4.78 is 1.19. The van der Waals surface area contributed by atoms with Crippen LogP contribution in [0.1, 0.15) is 35.3 Å². The van der Waals surface area contributed by atoms with Crippen LogP contribution < -0.4 is 11.2 Å². The van der Waals surface area contributed by atoms with Crippen LogP contribution in [-0.2, 0) is 0 Å². The molecule has 120 valence electrons. The first-order chi connectivity index (χ1) is 11.1. The first-order valence-corrected chi connectivity index (χ1v) is 7.30. The maximum Gasteiger partial charge on any atom is 0.328 e. The van der Waals surface area contributed by atoms with Crippen molar-refractivity contribution >= 4 is 11.9 Å². The van der Waals surface area contributed by atoms with Crippen LogP contribution >= 0.6 is 0 Å². The summed E-state index contributed by atoms with van der Waals surface area (Å²) in [6.07, 6.45) is 4.59. The van der Waals surface area contributed by atoms with Gasteiger partial charge in [-0.25, -0.2) is 4.79 Å². The summed E-state index contributed by atoms with van der Waals surface area (Å²) in [5, 5.41) is 9.30. The molecule has 1 atom stereocenters. The molecule has 0 aliphatic heterocycles. The van der Waals surface area contributed by atoms with Crippen LogP contribution in [0.2, 0.25) is 0 Å². The van der Waals surface area contributed by atoms with Crippen LogP contribution in [0.15, 0.2) is 52.2 Å². The molecular formula is C17H18N2O4. The summed E-state index contributed by atoms with van der Waals surface area (Å²) in [6.45, 7) is 1.55. The standard InChI is InChI=1S/C17H18N2O4/c1-2-13(11-20)19-10-14(16(22)18-17(19)23)15(21)9-8-12-6-4-3-5-7-12/h3-10,13,20H,2,11H2,1H3,(H,18,22,23)/b9-8-/t13-/m0/s1. The highest BCUT2D eigenvalue weighted by Crippen LogP contribution is 2.08. The number of nitrogens with zero attached hydrogens (tertiary/aromatic N) is 1. The first-order valence-electron chi connectivity index (χ1n) is 7.30. The molecule has 6 heteroatoms. The van der Waals surface area contributed by atoms with E-state index >= 15 is 0 Å². The molecule has 0 saturated heterocycles. The van der Waals surface area contributed by atoms with Crippen molar-refractivity contribution in [3.8, 4) is 0 Å². The van der Waals surface area contributed by atoms with Gasteiger partial charge in [0.1, 0.15) is 5.56 Å². The normalized spacial score (nSPS) is 12.4. The second-order valence-electron chi connectivity index (χ2n) is 5.06. The van der Waals surface area contributed by atoms with Crippen LogP contribution in [-0.4, -0.2) is 27.0 Å². The van der Waals surface area contributed by atoms with E-state index in [-0.39, 0.29) is 12.2 Å². The minimum atomic E-state index is -0.734. The number of hydrogen-bond donors (Lipinski definition) is 2. The molecule has 1 heterocycles. The molecule has 23 heavy (non-hydrogen) atoms. The first kappa shape index (κ1) is 16.6. The predicted octanol–water partition coefficient (Wildman–Crippen LogP) is 1.38. The number of aromatic nitrogens is 2. The average molecular weight is 314 g/mol. The van der Waals surface area contributed by atoms with Gasteiger partial charge >= 0.3 is 5.69 Å². The number of hydrogen-bond acceptors (Lipinski definition) is 4. The summed E-state index contributed by atoms with van der Waals surface area (Å²) in [4.78, 5) is 38.0. The van der Waals surface area contributed by atoms with Gasteiger partial charge in [-0.2, -0.15) is 0 Å². The fourth-order valence-corrected chi connectivity index (χ4v) is 2.17. The van der Waals surface area contributed by atoms with Gasteiger partial charge in [0.05, 0.1) is 12.6 Å². The van der Waals surface area contributed by atoms with E-state index in [0.29, 0.717) is 6.42 Å². The SMILES string of the molecule is CC[C@@H](CO)n1cc(C(=O)/C=C\c2ccccc2)c(=O)[nH]c1=O. The van der Waals surface area contributed by atoms with Crippen molar-refractivity contribution in [3.63, 3.8) is 0 Å².